The van der Waals surface area contributed by atoms with Crippen LogP contribution in [0.25, 0.3) is 0 Å². The molecule has 0 saturated carbocycles. The number of hydrogen-bond acceptors (Lipinski definition) is 12. The van der Waals surface area contributed by atoms with Gasteiger partial charge in [0.05, 0.1) is 34.3 Å². The molecule has 5 rings (SSSR count). The third-order valence-electron chi connectivity index (χ3n) is 8.18. The van der Waals surface area contributed by atoms with Gasteiger partial charge in [0.15, 0.2) is 23.4 Å². The smallest absolute Gasteiger partial charge is 0.534 e. The van der Waals surface area contributed by atoms with Gasteiger partial charge in [-0.05, 0) is 37.1 Å². The molecule has 18 nitrogen and oxygen atoms in total. The number of para-hydroxylation sites is 1. The molecule has 272 valence electrons. The number of nitrogens with one attached hydrogen (secondary N) is 3. The molecular weight excluding hydrogens is 714 g/mol. The number of amides is 6. The number of phenolic OH excluding ortho intramolecular Hbond substituents is 2. The van der Waals surface area contributed by atoms with E-state index < -0.39 is 94.6 Å². The number of imide groups is 1. The summed E-state index contributed by atoms with van der Waals surface area (Å²) in [5.41, 5.74) is -0.801. The summed E-state index contributed by atoms with van der Waals surface area (Å²) in [5.74, 6) is -10.2. The molecule has 2 aromatic carbocycles. The van der Waals surface area contributed by atoms with Gasteiger partial charge in [-0.3, -0.25) is 29.1 Å². The second-order valence-corrected chi connectivity index (χ2v) is 12.1. The SMILES string of the molecule is C[C@H]1CN(CCNC(=O)c2ccc(O)c(O)c2Cl)C(=O)C(=O)N1C(=O)NC(C(=O)N[C@H]1Cc2cccc(C(=O)O)c2OB1O)c1ncc(O)cc1F. The number of aromatic nitrogens is 1. The van der Waals surface area contributed by atoms with Crippen LogP contribution in [0.4, 0.5) is 9.18 Å². The van der Waals surface area contributed by atoms with Crippen molar-refractivity contribution in [2.24, 2.45) is 0 Å². The number of rotatable bonds is 9. The summed E-state index contributed by atoms with van der Waals surface area (Å²) in [7, 11) is -1.78. The van der Waals surface area contributed by atoms with Crippen molar-refractivity contribution >= 4 is 54.3 Å². The number of carbonyl (C=O) groups is 6. The number of carbonyl (C=O) groups excluding carboxylic acids is 5. The zero-order chi connectivity index (χ0) is 38.0. The minimum absolute atomic E-state index is 0.121. The van der Waals surface area contributed by atoms with E-state index in [-0.39, 0.29) is 42.9 Å². The maximum atomic E-state index is 15.1. The van der Waals surface area contributed by atoms with E-state index in [1.807, 2.05) is 0 Å². The Morgan fingerprint density at radius 2 is 1.85 bits per heavy atom. The summed E-state index contributed by atoms with van der Waals surface area (Å²) in [6, 6.07) is 2.70. The number of carboxylic acid groups (broad SMARTS) is 1. The quantitative estimate of drug-likeness (QED) is 0.0821. The van der Waals surface area contributed by atoms with Gasteiger partial charge >= 0.3 is 30.9 Å². The van der Waals surface area contributed by atoms with Crippen LogP contribution in [-0.4, -0.2) is 115 Å². The Balaban J connectivity index is 1.28. The lowest BCUT2D eigenvalue weighted by Gasteiger charge is -2.38. The number of urea groups is 1. The molecule has 1 saturated heterocycles. The van der Waals surface area contributed by atoms with Crippen molar-refractivity contribution in [3.05, 3.63) is 75.8 Å². The molecule has 8 N–H and O–H groups in total. The Morgan fingerprint density at radius 1 is 1.12 bits per heavy atom. The zero-order valence-electron chi connectivity index (χ0n) is 26.9. The van der Waals surface area contributed by atoms with Crippen molar-refractivity contribution in [1.82, 2.24) is 30.7 Å². The highest BCUT2D eigenvalue weighted by Crippen LogP contribution is 2.35. The molecule has 1 unspecified atom stereocenters. The first-order valence-corrected chi connectivity index (χ1v) is 15.7. The lowest BCUT2D eigenvalue weighted by molar-refractivity contribution is -0.155. The maximum absolute atomic E-state index is 15.1. The maximum Gasteiger partial charge on any atom is 0.547 e. The van der Waals surface area contributed by atoms with Crippen LogP contribution in [0.3, 0.4) is 0 Å². The van der Waals surface area contributed by atoms with Crippen molar-refractivity contribution in [2.45, 2.75) is 31.4 Å². The van der Waals surface area contributed by atoms with E-state index in [0.717, 1.165) is 23.2 Å². The fraction of sp³-hybridized carbons (Fsp3) is 0.258. The molecule has 3 heterocycles. The molecule has 0 bridgehead atoms. The van der Waals surface area contributed by atoms with Crippen molar-refractivity contribution in [3.8, 4) is 23.0 Å². The Morgan fingerprint density at radius 3 is 2.54 bits per heavy atom. The number of pyridine rings is 1. The average Bonchev–Trinajstić information content (AvgIpc) is 3.08. The van der Waals surface area contributed by atoms with E-state index in [2.05, 4.69) is 20.9 Å². The molecule has 1 aromatic heterocycles. The molecule has 0 aliphatic carbocycles. The van der Waals surface area contributed by atoms with Crippen LogP contribution < -0.4 is 20.6 Å². The van der Waals surface area contributed by atoms with Crippen LogP contribution in [0.15, 0.2) is 42.6 Å². The number of benzene rings is 2. The second-order valence-electron chi connectivity index (χ2n) is 11.7. The Bertz CT molecular complexity index is 1990. The van der Waals surface area contributed by atoms with Gasteiger partial charge in [0, 0.05) is 25.7 Å². The summed E-state index contributed by atoms with van der Waals surface area (Å²) >= 11 is 5.91. The molecule has 21 heteroatoms. The largest absolute Gasteiger partial charge is 0.547 e. The van der Waals surface area contributed by atoms with Crippen LogP contribution in [0.5, 0.6) is 23.0 Å². The molecule has 0 radical (unpaired) electrons. The van der Waals surface area contributed by atoms with E-state index in [1.165, 1.54) is 25.1 Å². The fourth-order valence-electron chi connectivity index (χ4n) is 5.62. The fourth-order valence-corrected chi connectivity index (χ4v) is 5.87. The Hall–Kier alpha value is -6.15. The van der Waals surface area contributed by atoms with E-state index >= 15 is 4.39 Å². The minimum Gasteiger partial charge on any atom is -0.534 e. The molecule has 1 fully saturated rings. The zero-order valence-corrected chi connectivity index (χ0v) is 27.6. The van der Waals surface area contributed by atoms with Gasteiger partial charge in [0.25, 0.3) is 5.91 Å². The number of carboxylic acids is 1. The number of hydrogen-bond donors (Lipinski definition) is 8. The van der Waals surface area contributed by atoms with Crippen LogP contribution in [-0.2, 0) is 20.8 Å². The van der Waals surface area contributed by atoms with E-state index in [0.29, 0.717) is 16.5 Å². The van der Waals surface area contributed by atoms with Gasteiger partial charge in [-0.15, -0.1) is 0 Å². The summed E-state index contributed by atoms with van der Waals surface area (Å²) in [6.07, 6.45) is 0.646. The number of phenols is 2. The van der Waals surface area contributed by atoms with Gasteiger partial charge in [-0.25, -0.2) is 14.0 Å². The van der Waals surface area contributed by atoms with Gasteiger partial charge in [-0.1, -0.05) is 23.7 Å². The minimum atomic E-state index is -2.00. The molecule has 3 aromatic rings. The normalized spacial score (nSPS) is 17.5. The van der Waals surface area contributed by atoms with E-state index in [4.69, 9.17) is 16.3 Å². The standard InChI is InChI=1S/C31H29BClFN6O12/c1-13-12-39(8-7-35-26(44)16-5-6-19(42)24(43)21(16)33)28(46)29(47)40(13)31(50)38-23(22-18(34)10-15(41)11-36-22)27(45)37-20-9-14-3-2-4-17(30(48)49)25(14)52-32(20)51/h2-6,10-11,13,20,23,41-43,51H,7-9,12H2,1H3,(H,35,44)(H,37,45)(H,38,50)(H,48,49)/t13-,20-,23?/m0/s1. The molecule has 3 atom stereocenters. The molecule has 2 aliphatic heterocycles. The topological polar surface area (TPSA) is 268 Å². The van der Waals surface area contributed by atoms with Crippen LogP contribution in [0.1, 0.15) is 44.9 Å². The number of aromatic hydroxyl groups is 3. The van der Waals surface area contributed by atoms with Crippen molar-refractivity contribution in [2.75, 3.05) is 19.6 Å². The number of halogens is 2. The molecule has 52 heavy (non-hydrogen) atoms. The summed E-state index contributed by atoms with van der Waals surface area (Å²) in [6.45, 7) is 0.790. The Kier molecular flexibility index (Phi) is 10.7. The van der Waals surface area contributed by atoms with Crippen molar-refractivity contribution < 1.29 is 63.3 Å². The first kappa shape index (κ1) is 37.1. The monoisotopic (exact) mass is 742 g/mol. The summed E-state index contributed by atoms with van der Waals surface area (Å²) < 4.78 is 20.4. The van der Waals surface area contributed by atoms with Gasteiger partial charge < -0.3 is 51.0 Å². The lowest BCUT2D eigenvalue weighted by Crippen LogP contribution is -2.64. The number of fused-ring (bicyclic) bond motifs is 1. The van der Waals surface area contributed by atoms with Gasteiger partial charge in [-0.2, -0.15) is 0 Å². The van der Waals surface area contributed by atoms with Crippen molar-refractivity contribution in [1.29, 1.82) is 0 Å². The third kappa shape index (κ3) is 7.47. The van der Waals surface area contributed by atoms with Crippen LogP contribution in [0, 0.1) is 5.82 Å². The third-order valence-corrected chi connectivity index (χ3v) is 8.56. The average molecular weight is 743 g/mol. The molecule has 2 aliphatic rings. The highest BCUT2D eigenvalue weighted by Gasteiger charge is 2.44. The number of piperazine rings is 1. The lowest BCUT2D eigenvalue weighted by atomic mass is 9.72. The molecule has 0 spiro atoms. The number of aromatic carboxylic acids is 1. The molecule has 6 amide bonds. The highest BCUT2D eigenvalue weighted by molar-refractivity contribution is 6.47. The van der Waals surface area contributed by atoms with Gasteiger partial charge in [0.2, 0.25) is 5.91 Å². The van der Waals surface area contributed by atoms with E-state index in [1.54, 1.807) is 0 Å². The summed E-state index contributed by atoms with van der Waals surface area (Å²) in [5, 5.41) is 55.7. The summed E-state index contributed by atoms with van der Waals surface area (Å²) in [4.78, 5) is 82.7. The van der Waals surface area contributed by atoms with Crippen LogP contribution >= 0.6 is 11.6 Å². The van der Waals surface area contributed by atoms with Crippen LogP contribution in [0.2, 0.25) is 5.02 Å². The first-order valence-electron chi connectivity index (χ1n) is 15.3. The molecular formula is C31H29BClFN6O12. The Labute approximate surface area is 297 Å². The first-order chi connectivity index (χ1) is 24.6. The van der Waals surface area contributed by atoms with E-state index in [9.17, 15) is 54.2 Å². The highest BCUT2D eigenvalue weighted by atomic mass is 35.5. The predicted octanol–water partition coefficient (Wildman–Crippen LogP) is 0.0687. The van der Waals surface area contributed by atoms with Gasteiger partial charge in [0.1, 0.15) is 17.2 Å². The van der Waals surface area contributed by atoms with Crippen molar-refractivity contribution in [3.63, 3.8) is 0 Å². The second kappa shape index (κ2) is 15.0. The predicted molar refractivity (Wildman–Crippen MR) is 175 cm³/mol. The number of nitrogens with zero attached hydrogens (tertiary/aromatic N) is 3.